The van der Waals surface area contributed by atoms with Crippen LogP contribution in [-0.2, 0) is 16.0 Å². The molecule has 0 spiro atoms. The summed E-state index contributed by atoms with van der Waals surface area (Å²) in [5.41, 5.74) is 1.00. The largest absolute Gasteiger partial charge is 0.468 e. The van der Waals surface area contributed by atoms with Crippen molar-refractivity contribution in [2.45, 2.75) is 17.2 Å². The van der Waals surface area contributed by atoms with Crippen molar-refractivity contribution in [2.75, 3.05) is 7.11 Å². The number of rotatable bonds is 1. The zero-order valence-corrected chi connectivity index (χ0v) is 12.4. The molecule has 16 heavy (non-hydrogen) atoms. The van der Waals surface area contributed by atoms with Crippen LogP contribution >= 0.6 is 43.2 Å². The van der Waals surface area contributed by atoms with Crippen molar-refractivity contribution in [3.63, 3.8) is 0 Å². The molecule has 1 atom stereocenters. The number of ketones is 1. The Labute approximate surface area is 113 Å². The molecule has 1 aliphatic carbocycles. The maximum atomic E-state index is 12.2. The van der Waals surface area contributed by atoms with Crippen LogP contribution in [0.15, 0.2) is 9.85 Å². The summed E-state index contributed by atoms with van der Waals surface area (Å²) in [7, 11) is 1.29. The van der Waals surface area contributed by atoms with E-state index in [2.05, 4.69) is 36.6 Å². The number of Topliss-reactive ketones (excluding diaryl/α,β-unsaturated/α-hetero) is 1. The van der Waals surface area contributed by atoms with Gasteiger partial charge in [0.25, 0.3) is 0 Å². The Bertz CT molecular complexity index is 469. The van der Waals surface area contributed by atoms with E-state index in [4.69, 9.17) is 0 Å². The Balaban J connectivity index is 2.44. The summed E-state index contributed by atoms with van der Waals surface area (Å²) >= 11 is 7.94. The first-order chi connectivity index (χ1) is 7.49. The zero-order valence-electron chi connectivity index (χ0n) is 8.38. The molecule has 0 amide bonds. The van der Waals surface area contributed by atoms with E-state index in [0.717, 1.165) is 9.35 Å². The zero-order chi connectivity index (χ0) is 11.9. The molecule has 1 aromatic rings. The summed E-state index contributed by atoms with van der Waals surface area (Å²) in [6.45, 7) is 0. The van der Waals surface area contributed by atoms with Gasteiger partial charge in [0, 0.05) is 0 Å². The lowest BCUT2D eigenvalue weighted by Crippen LogP contribution is -2.44. The number of hydrogen-bond donors (Lipinski definition) is 0. The third-order valence-electron chi connectivity index (χ3n) is 2.59. The van der Waals surface area contributed by atoms with Gasteiger partial charge in [0.05, 0.1) is 15.8 Å². The van der Waals surface area contributed by atoms with Crippen LogP contribution in [0, 0.1) is 0 Å². The second-order valence-corrected chi connectivity index (χ2v) is 7.31. The predicted octanol–water partition coefficient (Wildman–Crippen LogP) is 2.95. The van der Waals surface area contributed by atoms with Gasteiger partial charge < -0.3 is 4.74 Å². The number of alkyl halides is 1. The molecule has 0 bridgehead atoms. The van der Waals surface area contributed by atoms with E-state index in [0.29, 0.717) is 17.7 Å². The fourth-order valence-electron chi connectivity index (χ4n) is 1.73. The van der Waals surface area contributed by atoms with Gasteiger partial charge >= 0.3 is 5.97 Å². The molecule has 0 saturated carbocycles. The number of aryl methyl sites for hydroxylation is 1. The van der Waals surface area contributed by atoms with Gasteiger partial charge in [-0.05, 0) is 40.4 Å². The fourth-order valence-corrected chi connectivity index (χ4v) is 4.14. The van der Waals surface area contributed by atoms with Gasteiger partial charge in [-0.25, -0.2) is 0 Å². The fraction of sp³-hybridized carbons (Fsp3) is 0.400. The smallest absolute Gasteiger partial charge is 0.330 e. The highest BCUT2D eigenvalue weighted by atomic mass is 79.9. The Kier molecular flexibility index (Phi) is 3.25. The lowest BCUT2D eigenvalue weighted by Gasteiger charge is -2.26. The molecule has 1 aliphatic rings. The minimum atomic E-state index is -1.20. The van der Waals surface area contributed by atoms with E-state index in [1.165, 1.54) is 18.4 Å². The van der Waals surface area contributed by atoms with Crippen molar-refractivity contribution in [3.8, 4) is 0 Å². The number of hydrogen-bond acceptors (Lipinski definition) is 4. The first-order valence-corrected chi connectivity index (χ1v) is 6.99. The van der Waals surface area contributed by atoms with E-state index in [1.807, 2.05) is 6.07 Å². The van der Waals surface area contributed by atoms with Crippen LogP contribution in [0.1, 0.15) is 21.7 Å². The molecule has 2 rings (SSSR count). The summed E-state index contributed by atoms with van der Waals surface area (Å²) in [6.07, 6.45) is 1.14. The van der Waals surface area contributed by atoms with Gasteiger partial charge in [-0.15, -0.1) is 11.3 Å². The van der Waals surface area contributed by atoms with Gasteiger partial charge in [-0.1, -0.05) is 15.9 Å². The number of esters is 1. The molecule has 0 N–H and O–H groups in total. The molecule has 1 heterocycles. The number of ether oxygens (including phenoxy) is 1. The van der Waals surface area contributed by atoms with Gasteiger partial charge in [0.1, 0.15) is 0 Å². The topological polar surface area (TPSA) is 43.4 Å². The van der Waals surface area contributed by atoms with Gasteiger partial charge in [0.15, 0.2) is 4.32 Å². The Morgan fingerprint density at radius 3 is 2.94 bits per heavy atom. The normalized spacial score (nSPS) is 24.1. The van der Waals surface area contributed by atoms with E-state index in [1.54, 1.807) is 0 Å². The first-order valence-electron chi connectivity index (χ1n) is 4.59. The lowest BCUT2D eigenvalue weighted by atomic mass is 9.88. The van der Waals surface area contributed by atoms with E-state index in [-0.39, 0.29) is 5.78 Å². The average molecular weight is 368 g/mol. The average Bonchev–Trinajstić information content (AvgIpc) is 2.64. The molecule has 86 valence electrons. The van der Waals surface area contributed by atoms with Crippen LogP contribution in [0.5, 0.6) is 0 Å². The van der Waals surface area contributed by atoms with Crippen molar-refractivity contribution < 1.29 is 14.3 Å². The molecule has 6 heteroatoms. The maximum absolute atomic E-state index is 12.2. The molecule has 1 unspecified atom stereocenters. The summed E-state index contributed by atoms with van der Waals surface area (Å²) in [4.78, 5) is 24.5. The molecule has 3 nitrogen and oxygen atoms in total. The van der Waals surface area contributed by atoms with Crippen molar-refractivity contribution in [1.82, 2.24) is 0 Å². The van der Waals surface area contributed by atoms with Gasteiger partial charge in [-0.3, -0.25) is 9.59 Å². The number of carbonyl (C=O) groups excluding carboxylic acids is 2. The Morgan fingerprint density at radius 2 is 2.31 bits per heavy atom. The first kappa shape index (κ1) is 12.3. The maximum Gasteiger partial charge on any atom is 0.330 e. The molecule has 0 aromatic carbocycles. The van der Waals surface area contributed by atoms with Gasteiger partial charge in [0.2, 0.25) is 5.78 Å². The highest BCUT2D eigenvalue weighted by molar-refractivity contribution is 9.11. The Morgan fingerprint density at radius 1 is 1.62 bits per heavy atom. The lowest BCUT2D eigenvalue weighted by molar-refractivity contribution is -0.142. The van der Waals surface area contributed by atoms with Crippen molar-refractivity contribution in [3.05, 3.63) is 20.3 Å². The second-order valence-electron chi connectivity index (χ2n) is 3.53. The standard InChI is InChI=1S/C10H8Br2O3S/c1-15-9(14)10(12)3-2-5-4-6(11)16-7(5)8(10)13/h4H,2-3H2,1H3. The third-order valence-corrected chi connectivity index (χ3v) is 5.35. The highest BCUT2D eigenvalue weighted by Gasteiger charge is 2.48. The summed E-state index contributed by atoms with van der Waals surface area (Å²) in [6, 6.07) is 1.93. The highest BCUT2D eigenvalue weighted by Crippen LogP contribution is 2.41. The van der Waals surface area contributed by atoms with E-state index in [9.17, 15) is 9.59 Å². The molecule has 0 radical (unpaired) electrons. The molecule has 0 aliphatic heterocycles. The molecular weight excluding hydrogens is 360 g/mol. The number of methoxy groups -OCH3 is 1. The van der Waals surface area contributed by atoms with Crippen molar-refractivity contribution in [1.29, 1.82) is 0 Å². The van der Waals surface area contributed by atoms with Crippen LogP contribution < -0.4 is 0 Å². The van der Waals surface area contributed by atoms with Crippen LogP contribution in [-0.4, -0.2) is 23.2 Å². The summed E-state index contributed by atoms with van der Waals surface area (Å²) < 4.78 is 4.39. The van der Waals surface area contributed by atoms with E-state index < -0.39 is 10.3 Å². The Hall–Kier alpha value is -0.200. The van der Waals surface area contributed by atoms with E-state index >= 15 is 0 Å². The molecule has 0 fully saturated rings. The number of halogens is 2. The minimum Gasteiger partial charge on any atom is -0.468 e. The SMILES string of the molecule is COC(=O)C1(Br)CCc2cc(Br)sc2C1=O. The van der Waals surface area contributed by atoms with Crippen LogP contribution in [0.2, 0.25) is 0 Å². The number of thiophene rings is 1. The monoisotopic (exact) mass is 366 g/mol. The third kappa shape index (κ3) is 1.76. The summed E-state index contributed by atoms with van der Waals surface area (Å²) in [5.74, 6) is -0.719. The molecule has 1 aromatic heterocycles. The second kappa shape index (κ2) is 4.23. The number of carbonyl (C=O) groups is 2. The van der Waals surface area contributed by atoms with Crippen molar-refractivity contribution in [2.24, 2.45) is 0 Å². The van der Waals surface area contributed by atoms with Crippen LogP contribution in [0.4, 0.5) is 0 Å². The predicted molar refractivity (Wildman–Crippen MR) is 68.3 cm³/mol. The molecular formula is C10H8Br2O3S. The van der Waals surface area contributed by atoms with Crippen LogP contribution in [0.3, 0.4) is 0 Å². The summed E-state index contributed by atoms with van der Waals surface area (Å²) in [5, 5.41) is 0. The minimum absolute atomic E-state index is 0.198. The van der Waals surface area contributed by atoms with Crippen molar-refractivity contribution >= 4 is 54.9 Å². The van der Waals surface area contributed by atoms with Crippen LogP contribution in [0.25, 0.3) is 0 Å². The molecule has 0 saturated heterocycles. The number of fused-ring (bicyclic) bond motifs is 1. The van der Waals surface area contributed by atoms with Gasteiger partial charge in [-0.2, -0.15) is 0 Å². The quantitative estimate of drug-likeness (QED) is 0.435.